The molecule has 0 aromatic heterocycles. The summed E-state index contributed by atoms with van der Waals surface area (Å²) in [6.07, 6.45) is 1.64. The van der Waals surface area contributed by atoms with Crippen LogP contribution >= 0.6 is 0 Å². The summed E-state index contributed by atoms with van der Waals surface area (Å²) < 4.78 is 0. The molecule has 4 amide bonds. The molecule has 1 unspecified atom stereocenters. The summed E-state index contributed by atoms with van der Waals surface area (Å²) in [6, 6.07) is 17.3. The summed E-state index contributed by atoms with van der Waals surface area (Å²) in [6.45, 7) is 3.79. The second-order valence-corrected chi connectivity index (χ2v) is 5.90. The number of allylic oxidation sites excluding steroid dienone is 1. The van der Waals surface area contributed by atoms with Crippen molar-refractivity contribution < 1.29 is 14.4 Å². The van der Waals surface area contributed by atoms with Crippen LogP contribution in [-0.2, 0) is 21.5 Å². The molecule has 1 heterocycles. The third-order valence-electron chi connectivity index (χ3n) is 4.36. The van der Waals surface area contributed by atoms with Crippen LogP contribution < -0.4 is 5.32 Å². The molecule has 0 radical (unpaired) electrons. The van der Waals surface area contributed by atoms with Crippen LogP contribution in [0.4, 0.5) is 4.79 Å². The highest BCUT2D eigenvalue weighted by atomic mass is 16.2. The zero-order chi connectivity index (χ0) is 17.9. The summed E-state index contributed by atoms with van der Waals surface area (Å²) >= 11 is 0. The number of benzene rings is 2. The largest absolute Gasteiger partial charge is 0.331 e. The smallest absolute Gasteiger partial charge is 0.276 e. The summed E-state index contributed by atoms with van der Waals surface area (Å²) in [7, 11) is 0. The van der Waals surface area contributed by atoms with Crippen molar-refractivity contribution in [1.29, 1.82) is 0 Å². The Hall–Kier alpha value is -3.21. The lowest BCUT2D eigenvalue weighted by Gasteiger charge is -2.39. The number of imide groups is 2. The molecule has 2 aromatic rings. The summed E-state index contributed by atoms with van der Waals surface area (Å²) in [4.78, 5) is 39.3. The van der Waals surface area contributed by atoms with Crippen molar-refractivity contribution in [2.75, 3.05) is 0 Å². The second kappa shape index (κ2) is 6.73. The fourth-order valence-electron chi connectivity index (χ4n) is 3.09. The lowest BCUT2D eigenvalue weighted by atomic mass is 9.74. The number of rotatable bonds is 5. The molecular formula is C20H18N2O3. The highest BCUT2D eigenvalue weighted by Gasteiger charge is 2.54. The van der Waals surface area contributed by atoms with Gasteiger partial charge < -0.3 is 0 Å². The zero-order valence-corrected chi connectivity index (χ0v) is 13.6. The summed E-state index contributed by atoms with van der Waals surface area (Å²) in [5.74, 6) is -1.14. The van der Waals surface area contributed by atoms with Gasteiger partial charge in [-0.05, 0) is 17.5 Å². The van der Waals surface area contributed by atoms with Crippen molar-refractivity contribution in [1.82, 2.24) is 10.2 Å². The third-order valence-corrected chi connectivity index (χ3v) is 4.36. The van der Waals surface area contributed by atoms with Crippen molar-refractivity contribution in [2.45, 2.75) is 18.4 Å². The fourth-order valence-corrected chi connectivity index (χ4v) is 3.09. The molecule has 1 fully saturated rings. The number of hydrogen-bond donors (Lipinski definition) is 1. The van der Waals surface area contributed by atoms with E-state index in [-0.39, 0.29) is 13.0 Å². The maximum atomic E-state index is 13.3. The van der Waals surface area contributed by atoms with E-state index in [0.29, 0.717) is 5.56 Å². The average Bonchev–Trinajstić information content (AvgIpc) is 2.64. The van der Waals surface area contributed by atoms with E-state index in [1.54, 1.807) is 24.3 Å². The molecule has 1 N–H and O–H groups in total. The number of nitrogens with one attached hydrogen (secondary N) is 1. The summed E-state index contributed by atoms with van der Waals surface area (Å²) in [5, 5.41) is 2.33. The highest BCUT2D eigenvalue weighted by Crippen LogP contribution is 2.34. The van der Waals surface area contributed by atoms with Crippen LogP contribution in [0, 0.1) is 0 Å². The van der Waals surface area contributed by atoms with Gasteiger partial charge >= 0.3 is 6.03 Å². The Kier molecular flexibility index (Phi) is 4.48. The molecule has 3 rings (SSSR count). The molecule has 0 bridgehead atoms. The Morgan fingerprint density at radius 3 is 2.16 bits per heavy atom. The van der Waals surface area contributed by atoms with E-state index in [1.807, 2.05) is 36.4 Å². The molecule has 0 aliphatic carbocycles. The van der Waals surface area contributed by atoms with E-state index >= 15 is 0 Å². The van der Waals surface area contributed by atoms with Crippen molar-refractivity contribution in [3.63, 3.8) is 0 Å². The SMILES string of the molecule is C=CCC1(c2ccccc2)C(=O)NC(=O)N(Cc2ccccc2)C1=O. The number of hydrogen-bond acceptors (Lipinski definition) is 3. The topological polar surface area (TPSA) is 66.5 Å². The van der Waals surface area contributed by atoms with E-state index in [4.69, 9.17) is 0 Å². The number of nitrogens with zero attached hydrogens (tertiary/aromatic N) is 1. The van der Waals surface area contributed by atoms with Crippen LogP contribution in [0.1, 0.15) is 17.5 Å². The Balaban J connectivity index is 2.05. The van der Waals surface area contributed by atoms with Crippen molar-refractivity contribution in [3.05, 3.63) is 84.4 Å². The van der Waals surface area contributed by atoms with E-state index in [2.05, 4.69) is 11.9 Å². The van der Waals surface area contributed by atoms with Crippen molar-refractivity contribution in [2.24, 2.45) is 0 Å². The molecule has 126 valence electrons. The Labute approximate surface area is 146 Å². The van der Waals surface area contributed by atoms with Gasteiger partial charge in [0.25, 0.3) is 5.91 Å². The first-order valence-electron chi connectivity index (χ1n) is 7.97. The van der Waals surface area contributed by atoms with E-state index in [1.165, 1.54) is 6.08 Å². The van der Waals surface area contributed by atoms with Gasteiger partial charge in [-0.3, -0.25) is 19.8 Å². The third kappa shape index (κ3) is 2.85. The van der Waals surface area contributed by atoms with Gasteiger partial charge in [-0.15, -0.1) is 6.58 Å². The van der Waals surface area contributed by atoms with Gasteiger partial charge in [0.2, 0.25) is 5.91 Å². The van der Waals surface area contributed by atoms with Crippen LogP contribution in [-0.4, -0.2) is 22.7 Å². The van der Waals surface area contributed by atoms with Crippen LogP contribution in [0.3, 0.4) is 0 Å². The normalized spacial score (nSPS) is 20.3. The molecule has 5 heteroatoms. The fraction of sp³-hybridized carbons (Fsp3) is 0.150. The van der Waals surface area contributed by atoms with Gasteiger partial charge in [-0.2, -0.15) is 0 Å². The quantitative estimate of drug-likeness (QED) is 0.675. The Bertz CT molecular complexity index is 817. The lowest BCUT2D eigenvalue weighted by Crippen LogP contribution is -2.65. The van der Waals surface area contributed by atoms with Crippen LogP contribution in [0.25, 0.3) is 0 Å². The molecule has 1 aliphatic heterocycles. The summed E-state index contributed by atoms with van der Waals surface area (Å²) in [5.41, 5.74) is -0.130. The van der Waals surface area contributed by atoms with Gasteiger partial charge in [0.15, 0.2) is 5.41 Å². The molecule has 5 nitrogen and oxygen atoms in total. The van der Waals surface area contributed by atoms with Gasteiger partial charge in [-0.25, -0.2) is 4.79 Å². The molecule has 1 saturated heterocycles. The second-order valence-electron chi connectivity index (χ2n) is 5.90. The van der Waals surface area contributed by atoms with Gasteiger partial charge in [0.1, 0.15) is 0 Å². The molecule has 2 aromatic carbocycles. The number of carbonyl (C=O) groups is 3. The van der Waals surface area contributed by atoms with Crippen molar-refractivity contribution >= 4 is 17.8 Å². The van der Waals surface area contributed by atoms with Gasteiger partial charge in [0, 0.05) is 0 Å². The van der Waals surface area contributed by atoms with E-state index in [9.17, 15) is 14.4 Å². The minimum absolute atomic E-state index is 0.102. The first kappa shape index (κ1) is 16.6. The maximum Gasteiger partial charge on any atom is 0.331 e. The first-order chi connectivity index (χ1) is 12.1. The minimum atomic E-state index is -1.48. The molecule has 1 atom stereocenters. The maximum absolute atomic E-state index is 13.3. The zero-order valence-electron chi connectivity index (χ0n) is 13.6. The van der Waals surface area contributed by atoms with Crippen LogP contribution in [0.2, 0.25) is 0 Å². The first-order valence-corrected chi connectivity index (χ1v) is 7.97. The molecule has 25 heavy (non-hydrogen) atoms. The van der Waals surface area contributed by atoms with Crippen molar-refractivity contribution in [3.8, 4) is 0 Å². The lowest BCUT2D eigenvalue weighted by molar-refractivity contribution is -0.145. The average molecular weight is 334 g/mol. The standard InChI is InChI=1S/C20H18N2O3/c1-2-13-20(16-11-7-4-8-12-16)17(23)21-19(25)22(18(20)24)14-15-9-5-3-6-10-15/h2-12H,1,13-14H2,(H,21,23,25). The van der Waals surface area contributed by atoms with Gasteiger partial charge in [0.05, 0.1) is 6.54 Å². The number of urea groups is 1. The highest BCUT2D eigenvalue weighted by molar-refractivity contribution is 6.22. The monoisotopic (exact) mass is 334 g/mol. The predicted octanol–water partition coefficient (Wildman–Crippen LogP) is 2.78. The van der Waals surface area contributed by atoms with Crippen LogP contribution in [0.15, 0.2) is 73.3 Å². The van der Waals surface area contributed by atoms with E-state index < -0.39 is 23.3 Å². The number of barbiturate groups is 1. The Morgan fingerprint density at radius 1 is 0.960 bits per heavy atom. The van der Waals surface area contributed by atoms with Crippen LogP contribution in [0.5, 0.6) is 0 Å². The molecule has 0 spiro atoms. The molecular weight excluding hydrogens is 316 g/mol. The minimum Gasteiger partial charge on any atom is -0.276 e. The molecule has 1 aliphatic rings. The predicted molar refractivity (Wildman–Crippen MR) is 93.5 cm³/mol. The number of amides is 4. The number of carbonyl (C=O) groups excluding carboxylic acids is 3. The molecule has 0 saturated carbocycles. The Morgan fingerprint density at radius 2 is 1.56 bits per heavy atom. The van der Waals surface area contributed by atoms with E-state index in [0.717, 1.165) is 10.5 Å². The van der Waals surface area contributed by atoms with Gasteiger partial charge in [-0.1, -0.05) is 66.7 Å².